The third-order valence-electron chi connectivity index (χ3n) is 3.41. The average Bonchev–Trinajstić information content (AvgIpc) is 2.56. The highest BCUT2D eigenvalue weighted by atomic mass is 31.0. The van der Waals surface area contributed by atoms with Gasteiger partial charge in [0, 0.05) is 0 Å². The Morgan fingerprint density at radius 1 is 1.04 bits per heavy atom. The zero-order chi connectivity index (χ0) is 16.7. The van der Waals surface area contributed by atoms with Gasteiger partial charge in [-0.25, -0.2) is 0 Å². The lowest BCUT2D eigenvalue weighted by atomic mass is 10.1. The van der Waals surface area contributed by atoms with Gasteiger partial charge in [0.15, 0.2) is 0 Å². The van der Waals surface area contributed by atoms with Crippen LogP contribution < -0.4 is 5.32 Å². The van der Waals surface area contributed by atoms with Gasteiger partial charge in [-0.15, -0.1) is 9.24 Å². The van der Waals surface area contributed by atoms with E-state index in [1.807, 2.05) is 60.7 Å². The fourth-order valence-electron chi connectivity index (χ4n) is 2.23. The minimum Gasteiger partial charge on any atom is -0.480 e. The first-order valence-corrected chi connectivity index (χ1v) is 7.95. The Kier molecular flexibility index (Phi) is 6.48. The Labute approximate surface area is 138 Å². The van der Waals surface area contributed by atoms with E-state index in [2.05, 4.69) is 14.6 Å². The van der Waals surface area contributed by atoms with Crippen molar-refractivity contribution in [1.29, 1.82) is 0 Å². The summed E-state index contributed by atoms with van der Waals surface area (Å²) in [6.45, 7) is 0. The van der Waals surface area contributed by atoms with Crippen molar-refractivity contribution in [3.8, 4) is 0 Å². The summed E-state index contributed by atoms with van der Waals surface area (Å²) >= 11 is 0. The van der Waals surface area contributed by atoms with E-state index in [9.17, 15) is 15.0 Å². The second-order valence-corrected chi connectivity index (χ2v) is 5.81. The Bertz CT molecular complexity index is 644. The summed E-state index contributed by atoms with van der Waals surface area (Å²) in [5.41, 5.74) is 1.75. The SMILES string of the molecule is O=C(O)C(C=Cc1ccccc1)NC(c1ccccc1)C(O)P. The highest BCUT2D eigenvalue weighted by molar-refractivity contribution is 7.17. The summed E-state index contributed by atoms with van der Waals surface area (Å²) < 4.78 is 0. The van der Waals surface area contributed by atoms with Crippen molar-refractivity contribution >= 4 is 21.3 Å². The van der Waals surface area contributed by atoms with Gasteiger partial charge in [-0.3, -0.25) is 10.1 Å². The molecule has 0 spiro atoms. The first kappa shape index (κ1) is 17.4. The number of aliphatic hydroxyl groups excluding tert-OH is 1. The number of aliphatic carboxylic acids is 1. The normalized spacial score (nSPS) is 15.2. The Morgan fingerprint density at radius 3 is 2.13 bits per heavy atom. The Hall–Kier alpha value is -2.00. The van der Waals surface area contributed by atoms with E-state index in [-0.39, 0.29) is 0 Å². The van der Waals surface area contributed by atoms with E-state index in [0.717, 1.165) is 11.1 Å². The van der Waals surface area contributed by atoms with Crippen LogP contribution in [0.1, 0.15) is 17.2 Å². The molecule has 0 aromatic heterocycles. The summed E-state index contributed by atoms with van der Waals surface area (Å²) in [4.78, 5) is 11.5. The third-order valence-corrected chi connectivity index (χ3v) is 3.79. The van der Waals surface area contributed by atoms with Gasteiger partial charge in [0.1, 0.15) is 6.04 Å². The number of carboxylic acid groups (broad SMARTS) is 1. The summed E-state index contributed by atoms with van der Waals surface area (Å²) in [5.74, 6) is -1.80. The number of aliphatic hydroxyl groups is 1. The van der Waals surface area contributed by atoms with Crippen LogP contribution in [-0.4, -0.2) is 28.1 Å². The largest absolute Gasteiger partial charge is 0.480 e. The van der Waals surface area contributed by atoms with Crippen LogP contribution in [0.15, 0.2) is 66.7 Å². The predicted molar refractivity (Wildman–Crippen MR) is 94.9 cm³/mol. The standard InChI is InChI=1S/C18H20NO3P/c20-17(21)15(12-11-13-7-3-1-4-8-13)19-16(18(22)23)14-9-5-2-6-10-14/h1-12,15-16,18-19,22H,23H2,(H,20,21). The van der Waals surface area contributed by atoms with Crippen LogP contribution >= 0.6 is 9.24 Å². The maximum atomic E-state index is 11.5. The fourth-order valence-corrected chi connectivity index (χ4v) is 2.56. The molecule has 0 amide bonds. The van der Waals surface area contributed by atoms with Gasteiger partial charge in [0.05, 0.1) is 11.9 Å². The zero-order valence-corrected chi connectivity index (χ0v) is 13.7. The summed E-state index contributed by atoms with van der Waals surface area (Å²) in [7, 11) is 2.30. The lowest BCUT2D eigenvalue weighted by Crippen LogP contribution is -2.40. The molecular formula is C18H20NO3P. The number of hydrogen-bond donors (Lipinski definition) is 3. The quantitative estimate of drug-likeness (QED) is 0.683. The molecule has 2 rings (SSSR count). The minimum atomic E-state index is -0.997. The van der Waals surface area contributed by atoms with Crippen molar-refractivity contribution in [3.63, 3.8) is 0 Å². The van der Waals surface area contributed by atoms with Crippen molar-refractivity contribution in [2.45, 2.75) is 17.9 Å². The molecule has 120 valence electrons. The molecule has 0 aliphatic carbocycles. The average molecular weight is 329 g/mol. The van der Waals surface area contributed by atoms with Gasteiger partial charge in [-0.1, -0.05) is 72.8 Å². The fraction of sp³-hybridized carbons (Fsp3) is 0.167. The van der Waals surface area contributed by atoms with E-state index < -0.39 is 23.9 Å². The molecular weight excluding hydrogens is 309 g/mol. The number of hydrogen-bond acceptors (Lipinski definition) is 3. The van der Waals surface area contributed by atoms with Crippen LogP contribution in [0.2, 0.25) is 0 Å². The molecule has 5 heteroatoms. The predicted octanol–water partition coefficient (Wildman–Crippen LogP) is 2.68. The molecule has 0 radical (unpaired) electrons. The number of nitrogens with one attached hydrogen (secondary N) is 1. The third kappa shape index (κ3) is 5.29. The van der Waals surface area contributed by atoms with E-state index in [0.29, 0.717) is 0 Å². The Balaban J connectivity index is 2.17. The lowest BCUT2D eigenvalue weighted by molar-refractivity contribution is -0.138. The number of rotatable bonds is 7. The van der Waals surface area contributed by atoms with Gasteiger partial charge in [-0.2, -0.15) is 0 Å². The van der Waals surface area contributed by atoms with E-state index in [1.165, 1.54) is 0 Å². The van der Waals surface area contributed by atoms with Gasteiger partial charge >= 0.3 is 5.97 Å². The Morgan fingerprint density at radius 2 is 1.61 bits per heavy atom. The lowest BCUT2D eigenvalue weighted by Gasteiger charge is -2.24. The van der Waals surface area contributed by atoms with Gasteiger partial charge in [0.25, 0.3) is 0 Å². The highest BCUT2D eigenvalue weighted by Gasteiger charge is 2.23. The van der Waals surface area contributed by atoms with Crippen molar-refractivity contribution < 1.29 is 15.0 Å². The van der Waals surface area contributed by atoms with Gasteiger partial charge in [-0.05, 0) is 11.1 Å². The molecule has 23 heavy (non-hydrogen) atoms. The second kappa shape index (κ2) is 8.59. The zero-order valence-electron chi connectivity index (χ0n) is 12.5. The maximum Gasteiger partial charge on any atom is 0.324 e. The molecule has 4 unspecified atom stereocenters. The molecule has 4 nitrogen and oxygen atoms in total. The van der Waals surface area contributed by atoms with E-state index >= 15 is 0 Å². The first-order valence-electron chi connectivity index (χ1n) is 7.28. The summed E-state index contributed by atoms with van der Waals surface area (Å²) in [5, 5.41) is 22.4. The molecule has 0 saturated heterocycles. The van der Waals surface area contributed by atoms with Crippen LogP contribution in [0.4, 0.5) is 0 Å². The first-order chi connectivity index (χ1) is 11.1. The monoisotopic (exact) mass is 329 g/mol. The van der Waals surface area contributed by atoms with E-state index in [1.54, 1.807) is 12.2 Å². The van der Waals surface area contributed by atoms with Crippen LogP contribution in [0.25, 0.3) is 6.08 Å². The van der Waals surface area contributed by atoms with Crippen molar-refractivity contribution in [1.82, 2.24) is 5.32 Å². The molecule has 3 N–H and O–H groups in total. The van der Waals surface area contributed by atoms with Crippen LogP contribution in [0, 0.1) is 0 Å². The maximum absolute atomic E-state index is 11.5. The molecule has 2 aromatic carbocycles. The topological polar surface area (TPSA) is 69.6 Å². The van der Waals surface area contributed by atoms with Crippen molar-refractivity contribution in [2.75, 3.05) is 0 Å². The molecule has 0 fully saturated rings. The van der Waals surface area contributed by atoms with Gasteiger partial charge in [0.2, 0.25) is 0 Å². The number of carboxylic acids is 1. The second-order valence-electron chi connectivity index (χ2n) is 5.13. The summed E-state index contributed by atoms with van der Waals surface area (Å²) in [6.07, 6.45) is 3.34. The van der Waals surface area contributed by atoms with Crippen molar-refractivity contribution in [3.05, 3.63) is 77.9 Å². The highest BCUT2D eigenvalue weighted by Crippen LogP contribution is 2.21. The number of benzene rings is 2. The van der Waals surface area contributed by atoms with Gasteiger partial charge < -0.3 is 10.2 Å². The summed E-state index contributed by atoms with van der Waals surface area (Å²) in [6, 6.07) is 17.4. The molecule has 0 saturated carbocycles. The smallest absolute Gasteiger partial charge is 0.324 e. The molecule has 0 aliphatic rings. The van der Waals surface area contributed by atoms with E-state index in [4.69, 9.17) is 0 Å². The van der Waals surface area contributed by atoms with Crippen LogP contribution in [0.5, 0.6) is 0 Å². The van der Waals surface area contributed by atoms with Crippen LogP contribution in [0.3, 0.4) is 0 Å². The van der Waals surface area contributed by atoms with Crippen molar-refractivity contribution in [2.24, 2.45) is 0 Å². The molecule has 0 bridgehead atoms. The minimum absolute atomic E-state index is 0.497. The molecule has 4 atom stereocenters. The molecule has 2 aromatic rings. The van der Waals surface area contributed by atoms with Crippen LogP contribution in [-0.2, 0) is 4.79 Å². The molecule has 0 aliphatic heterocycles. The number of carbonyl (C=O) groups is 1. The molecule has 0 heterocycles.